The van der Waals surface area contributed by atoms with E-state index in [4.69, 9.17) is 9.72 Å². The molecule has 2 heterocycles. The molecule has 196 valence electrons. The van der Waals surface area contributed by atoms with Crippen molar-refractivity contribution in [3.05, 3.63) is 71.3 Å². The molecule has 1 aromatic rings. The monoisotopic (exact) mass is 510 g/mol. The molecule has 0 saturated carbocycles. The van der Waals surface area contributed by atoms with Crippen LogP contribution in [0.5, 0.6) is 0 Å². The number of anilines is 1. The lowest BCUT2D eigenvalue weighted by molar-refractivity contribution is -0.127. The number of rotatable bonds is 10. The van der Waals surface area contributed by atoms with E-state index in [9.17, 15) is 4.79 Å². The number of hydrogen-bond donors (Lipinski definition) is 1. The van der Waals surface area contributed by atoms with Gasteiger partial charge in [-0.1, -0.05) is 69.4 Å². The van der Waals surface area contributed by atoms with Crippen LogP contribution < -0.4 is 10.2 Å². The lowest BCUT2D eigenvalue weighted by Gasteiger charge is -2.29. The maximum atomic E-state index is 12.9. The quantitative estimate of drug-likeness (QED) is 0.353. The fourth-order valence-electron chi connectivity index (χ4n) is 4.06. The summed E-state index contributed by atoms with van der Waals surface area (Å²) in [6.07, 6.45) is 14.8. The van der Waals surface area contributed by atoms with Gasteiger partial charge in [0.1, 0.15) is 0 Å². The van der Waals surface area contributed by atoms with Crippen LogP contribution in [0, 0.1) is 0 Å². The van der Waals surface area contributed by atoms with E-state index in [1.165, 1.54) is 0 Å². The van der Waals surface area contributed by atoms with Crippen molar-refractivity contribution in [1.29, 1.82) is 0 Å². The maximum absolute atomic E-state index is 12.9. The van der Waals surface area contributed by atoms with E-state index >= 15 is 0 Å². The summed E-state index contributed by atoms with van der Waals surface area (Å²) in [5.74, 6) is 0.0402. The van der Waals surface area contributed by atoms with Gasteiger partial charge in [-0.2, -0.15) is 0 Å². The van der Waals surface area contributed by atoms with Crippen molar-refractivity contribution >= 4 is 22.4 Å². The van der Waals surface area contributed by atoms with Crippen LogP contribution in [0.3, 0.4) is 0 Å². The first-order valence-corrected chi connectivity index (χ1v) is 13.7. The van der Waals surface area contributed by atoms with Gasteiger partial charge in [-0.15, -0.1) is 11.3 Å². The summed E-state index contributed by atoms with van der Waals surface area (Å²) in [6, 6.07) is 0. The first-order valence-electron chi connectivity index (χ1n) is 12.8. The zero-order valence-electron chi connectivity index (χ0n) is 22.5. The highest BCUT2D eigenvalue weighted by atomic mass is 32.1. The fourth-order valence-corrected chi connectivity index (χ4v) is 5.14. The van der Waals surface area contributed by atoms with Crippen LogP contribution in [0.15, 0.2) is 65.6 Å². The first-order chi connectivity index (χ1) is 17.1. The van der Waals surface area contributed by atoms with E-state index in [1.54, 1.807) is 17.4 Å². The molecule has 0 radical (unpaired) electrons. The molecule has 2 aliphatic rings. The average Bonchev–Trinajstić information content (AvgIpc) is 3.36. The number of carbonyl (C=O) groups excluding carboxylic acids is 1. The smallest absolute Gasteiger partial charge is 0.253 e. The number of amides is 1. The number of carbonyl (C=O) groups is 1. The summed E-state index contributed by atoms with van der Waals surface area (Å²) >= 11 is 1.67. The number of hydrogen-bond acceptors (Lipinski definition) is 6. The van der Waals surface area contributed by atoms with Crippen LogP contribution >= 0.6 is 11.3 Å². The Kier molecular flexibility index (Phi) is 9.88. The number of aromatic nitrogens is 1. The third-order valence-electron chi connectivity index (χ3n) is 6.40. The Bertz CT molecular complexity index is 1020. The molecule has 0 aromatic carbocycles. The summed E-state index contributed by atoms with van der Waals surface area (Å²) in [4.78, 5) is 22.0. The minimum absolute atomic E-state index is 0.000438. The normalized spacial score (nSPS) is 21.1. The van der Waals surface area contributed by atoms with Gasteiger partial charge in [-0.05, 0) is 26.3 Å². The molecule has 36 heavy (non-hydrogen) atoms. The molecule has 7 heteroatoms. The summed E-state index contributed by atoms with van der Waals surface area (Å²) in [5.41, 5.74) is 2.59. The molecule has 1 amide bonds. The number of thiazole rings is 1. The van der Waals surface area contributed by atoms with Crippen LogP contribution in [0.2, 0.25) is 0 Å². The molecule has 1 aliphatic heterocycles. The largest absolute Gasteiger partial charge is 0.369 e. The highest BCUT2D eigenvalue weighted by molar-refractivity contribution is 7.13. The zero-order chi connectivity index (χ0) is 26.2. The highest BCUT2D eigenvalue weighted by Crippen LogP contribution is 2.29. The van der Waals surface area contributed by atoms with E-state index in [1.807, 2.05) is 17.1 Å². The summed E-state index contributed by atoms with van der Waals surface area (Å²) in [7, 11) is 0. The fraction of sp³-hybridized carbons (Fsp3) is 0.517. The SMILES string of the molecule is C=C/C(=C\C=C(/C)CN(CCO[C@]1(C)C=CC=CC1)c1nc(C(C)(C)C)cs1)C(=O)N1CCNCC1. The van der Waals surface area contributed by atoms with Gasteiger partial charge in [0, 0.05) is 55.6 Å². The molecule has 1 atom stereocenters. The van der Waals surface area contributed by atoms with Gasteiger partial charge in [-0.25, -0.2) is 4.98 Å². The molecular formula is C29H42N4O2S. The molecule has 0 unspecified atom stereocenters. The average molecular weight is 511 g/mol. The van der Waals surface area contributed by atoms with Crippen molar-refractivity contribution in [3.8, 4) is 0 Å². The Balaban J connectivity index is 1.72. The second-order valence-electron chi connectivity index (χ2n) is 10.7. The van der Waals surface area contributed by atoms with Crippen molar-refractivity contribution in [3.63, 3.8) is 0 Å². The highest BCUT2D eigenvalue weighted by Gasteiger charge is 2.24. The molecule has 1 fully saturated rings. The molecule has 1 saturated heterocycles. The molecule has 0 bridgehead atoms. The molecule has 1 aliphatic carbocycles. The summed E-state index contributed by atoms with van der Waals surface area (Å²) in [6.45, 7) is 19.8. The Morgan fingerprint density at radius 3 is 2.67 bits per heavy atom. The zero-order valence-corrected chi connectivity index (χ0v) is 23.4. The maximum Gasteiger partial charge on any atom is 0.253 e. The summed E-state index contributed by atoms with van der Waals surface area (Å²) in [5, 5.41) is 6.43. The van der Waals surface area contributed by atoms with Crippen LogP contribution in [-0.2, 0) is 14.9 Å². The van der Waals surface area contributed by atoms with Crippen molar-refractivity contribution in [1.82, 2.24) is 15.2 Å². The van der Waals surface area contributed by atoms with E-state index in [0.29, 0.717) is 18.7 Å². The standard InChI is InChI=1S/C29H42N4O2S/c1-7-24(26(34)32-17-15-30-16-18-32)12-11-23(2)21-33(27-31-25(22-36-27)28(3,4)5)19-20-35-29(6)13-9-8-10-14-29/h7-13,22,30H,1,14-21H2,2-6H3/b23-11+,24-12+/t29-/m1/s1. The van der Waals surface area contributed by atoms with Crippen LogP contribution in [-0.4, -0.2) is 67.3 Å². The molecule has 0 spiro atoms. The van der Waals surface area contributed by atoms with Gasteiger partial charge >= 0.3 is 0 Å². The van der Waals surface area contributed by atoms with Gasteiger partial charge < -0.3 is 19.9 Å². The predicted molar refractivity (Wildman–Crippen MR) is 152 cm³/mol. The van der Waals surface area contributed by atoms with Crippen LogP contribution in [0.25, 0.3) is 0 Å². The Morgan fingerprint density at radius 1 is 1.31 bits per heavy atom. The van der Waals surface area contributed by atoms with Crippen LogP contribution in [0.4, 0.5) is 5.13 Å². The minimum atomic E-state index is -0.267. The van der Waals surface area contributed by atoms with E-state index < -0.39 is 0 Å². The number of nitrogens with zero attached hydrogens (tertiary/aromatic N) is 3. The molecule has 1 aromatic heterocycles. The third kappa shape index (κ3) is 8.02. The second-order valence-corrected chi connectivity index (χ2v) is 11.6. The lowest BCUT2D eigenvalue weighted by atomic mass is 9.93. The van der Waals surface area contributed by atoms with Gasteiger partial charge in [0.15, 0.2) is 5.13 Å². The van der Waals surface area contributed by atoms with Gasteiger partial charge in [0.05, 0.1) is 17.9 Å². The molecule has 6 nitrogen and oxygen atoms in total. The number of ether oxygens (including phenoxy) is 1. The molecular weight excluding hydrogens is 468 g/mol. The Labute approximate surface area is 221 Å². The van der Waals surface area contributed by atoms with E-state index in [0.717, 1.165) is 55.5 Å². The minimum Gasteiger partial charge on any atom is -0.369 e. The van der Waals surface area contributed by atoms with Gasteiger partial charge in [0.2, 0.25) is 0 Å². The molecule has 3 rings (SSSR count). The van der Waals surface area contributed by atoms with Crippen molar-refractivity contribution in [2.24, 2.45) is 0 Å². The second kappa shape index (κ2) is 12.7. The van der Waals surface area contributed by atoms with Crippen molar-refractivity contribution in [2.75, 3.05) is 50.8 Å². The first kappa shape index (κ1) is 28.1. The summed E-state index contributed by atoms with van der Waals surface area (Å²) < 4.78 is 6.29. The van der Waals surface area contributed by atoms with E-state index in [2.05, 4.69) is 81.1 Å². The third-order valence-corrected chi connectivity index (χ3v) is 7.30. The number of nitrogens with one attached hydrogen (secondary N) is 1. The van der Waals surface area contributed by atoms with Gasteiger partial charge in [0.25, 0.3) is 5.91 Å². The topological polar surface area (TPSA) is 57.7 Å². The lowest BCUT2D eigenvalue weighted by Crippen LogP contribution is -2.46. The van der Waals surface area contributed by atoms with Crippen LogP contribution in [0.1, 0.15) is 46.7 Å². The molecule has 1 N–H and O–H groups in total. The Morgan fingerprint density at radius 2 is 2.06 bits per heavy atom. The predicted octanol–water partition coefficient (Wildman–Crippen LogP) is 5.03. The van der Waals surface area contributed by atoms with Crippen molar-refractivity contribution in [2.45, 2.75) is 52.1 Å². The van der Waals surface area contributed by atoms with Gasteiger partial charge in [-0.3, -0.25) is 4.79 Å². The number of piperazine rings is 1. The number of allylic oxidation sites excluding steroid dienone is 4. The van der Waals surface area contributed by atoms with Crippen molar-refractivity contribution < 1.29 is 9.53 Å². The van der Waals surface area contributed by atoms with E-state index in [-0.39, 0.29) is 16.9 Å². The Hall–Kier alpha value is -2.48.